The number of esters is 1. The van der Waals surface area contributed by atoms with Gasteiger partial charge in [0.05, 0.1) is 53.7 Å². The molecule has 2 aromatic heterocycles. The number of aromatic nitrogens is 2. The van der Waals surface area contributed by atoms with Gasteiger partial charge in [-0.25, -0.2) is 8.78 Å². The molecule has 15 heteroatoms. The molecule has 0 saturated heterocycles. The molecule has 8 rings (SSSR count). The molecule has 0 spiro atoms. The molecule has 0 aliphatic heterocycles. The van der Waals surface area contributed by atoms with Gasteiger partial charge in [-0.15, -0.1) is 0 Å². The molecule has 0 saturated carbocycles. The zero-order chi connectivity index (χ0) is 57.7. The van der Waals surface area contributed by atoms with Gasteiger partial charge in [0, 0.05) is 53.4 Å². The second-order valence-electron chi connectivity index (χ2n) is 20.9. The van der Waals surface area contributed by atoms with Gasteiger partial charge in [-0.3, -0.25) is 19.2 Å². The van der Waals surface area contributed by atoms with Gasteiger partial charge in [-0.1, -0.05) is 125 Å². The molecule has 420 valence electrons. The average molecular weight is 1100 g/mol. The summed E-state index contributed by atoms with van der Waals surface area (Å²) in [4.78, 5) is 54.7. The molecule has 0 aliphatic carbocycles. The first-order chi connectivity index (χ1) is 39.0. The topological polar surface area (TPSA) is 192 Å². The highest BCUT2D eigenvalue weighted by Crippen LogP contribution is 2.45. The van der Waals surface area contributed by atoms with Crippen LogP contribution in [0.25, 0.3) is 44.8 Å². The number of hydrogen-bond donors (Lipinski definition) is 6. The van der Waals surface area contributed by atoms with Gasteiger partial charge in [0.1, 0.15) is 17.7 Å². The third kappa shape index (κ3) is 14.7. The van der Waals surface area contributed by atoms with Crippen molar-refractivity contribution in [2.24, 2.45) is 0 Å². The molecule has 2 heterocycles. The van der Waals surface area contributed by atoms with Gasteiger partial charge in [0.15, 0.2) is 0 Å². The fourth-order valence-corrected chi connectivity index (χ4v) is 10.7. The summed E-state index contributed by atoms with van der Waals surface area (Å²) in [6, 6.07) is 48.7. The second-order valence-corrected chi connectivity index (χ2v) is 20.9. The molecule has 2 unspecified atom stereocenters. The monoisotopic (exact) mass is 1100 g/mol. The Labute approximate surface area is 470 Å². The van der Waals surface area contributed by atoms with Crippen LogP contribution in [-0.4, -0.2) is 77.7 Å². The molecule has 2 amide bonds. The van der Waals surface area contributed by atoms with Gasteiger partial charge in [-0.05, 0) is 126 Å². The Kier molecular flexibility index (Phi) is 19.6. The second kappa shape index (κ2) is 27.1. The number of aliphatic hydroxyl groups is 3. The number of aliphatic hydroxyl groups excluding tert-OH is 3. The Morgan fingerprint density at radius 1 is 0.481 bits per heavy atom. The fraction of sp³-hybridized carbons (Fsp3) is 0.273. The Bertz CT molecular complexity index is 3400. The van der Waals surface area contributed by atoms with Crippen molar-refractivity contribution >= 4 is 35.1 Å². The van der Waals surface area contributed by atoms with Crippen LogP contribution in [0, 0.1) is 11.6 Å². The lowest BCUT2D eigenvalue weighted by Crippen LogP contribution is -2.29. The Hall–Kier alpha value is -8.50. The third-order valence-electron chi connectivity index (χ3n) is 14.1. The average Bonchev–Trinajstić information content (AvgIpc) is 2.80. The molecule has 81 heavy (non-hydrogen) atoms. The van der Waals surface area contributed by atoms with Crippen molar-refractivity contribution in [2.45, 2.75) is 116 Å². The van der Waals surface area contributed by atoms with E-state index in [1.807, 2.05) is 134 Å². The van der Waals surface area contributed by atoms with Crippen molar-refractivity contribution in [1.82, 2.24) is 9.13 Å². The normalized spacial score (nSPS) is 12.9. The maximum atomic E-state index is 14.5. The standard InChI is InChI=1S/C66H68F2N4O9/c1-41(2)61-59(65(79)69-49-21-13-7-14-22-49)57(43-17-9-5-10-18-43)63(45-25-29-47(67)30-26-45)71(61)35-33-51(73)37-53(75)39-56(78)81-54(40-55(76)77)38-52(74)34-36-72-62(42(3)4)60(66(80)70-50-23-15-8-16-24-50)58(44-19-11-6-12-20-44)64(72)46-27-31-48(68)32-28-46/h5-32,41-42,51-54,73-75H,33-40H2,1-4H3,(H,69,79)(H,70,80)(H,76,77)/t51?,52-,53?,54-/m1/s1. The highest BCUT2D eigenvalue weighted by atomic mass is 19.1. The summed E-state index contributed by atoms with van der Waals surface area (Å²) in [5, 5.41) is 50.5. The number of hydrogen-bond acceptors (Lipinski definition) is 8. The van der Waals surface area contributed by atoms with E-state index in [0.29, 0.717) is 67.5 Å². The summed E-state index contributed by atoms with van der Waals surface area (Å²) in [6.45, 7) is 8.08. The first kappa shape index (κ1) is 58.6. The maximum Gasteiger partial charge on any atom is 0.308 e. The van der Waals surface area contributed by atoms with Crippen LogP contribution in [0.15, 0.2) is 170 Å². The number of carboxylic acid groups (broad SMARTS) is 1. The molecule has 13 nitrogen and oxygen atoms in total. The molecule has 0 radical (unpaired) electrons. The van der Waals surface area contributed by atoms with E-state index in [1.165, 1.54) is 24.3 Å². The van der Waals surface area contributed by atoms with E-state index in [1.54, 1.807) is 48.5 Å². The SMILES string of the molecule is CC(C)c1c(C(=O)Nc2ccccc2)c(-c2ccccc2)c(-c2ccc(F)cc2)n1CCC(O)CC(O)CC(=O)O[C@@H](CC(=O)O)C[C@H](O)CCn1c(-c2ccc(F)cc2)c(-c2ccccc2)c(C(=O)Nc2ccccc2)c1C(C)C. The predicted octanol–water partition coefficient (Wildman–Crippen LogP) is 13.1. The van der Waals surface area contributed by atoms with Crippen molar-refractivity contribution in [3.63, 3.8) is 0 Å². The number of nitrogens with one attached hydrogen (secondary N) is 2. The lowest BCUT2D eigenvalue weighted by molar-refractivity contribution is -0.156. The van der Waals surface area contributed by atoms with Crippen molar-refractivity contribution < 1.29 is 53.1 Å². The number of rotatable bonds is 25. The molecular formula is C66H68F2N4O9. The van der Waals surface area contributed by atoms with Crippen LogP contribution < -0.4 is 10.6 Å². The fourth-order valence-electron chi connectivity index (χ4n) is 10.7. The molecule has 0 aliphatic rings. The molecule has 0 bridgehead atoms. The lowest BCUT2D eigenvalue weighted by atomic mass is 9.94. The number of amides is 2. The van der Waals surface area contributed by atoms with Gasteiger partial charge >= 0.3 is 11.9 Å². The molecule has 0 fully saturated rings. The number of carbonyl (C=O) groups excluding carboxylic acids is 3. The highest BCUT2D eigenvalue weighted by Gasteiger charge is 2.34. The van der Waals surface area contributed by atoms with E-state index in [-0.39, 0.29) is 62.4 Å². The molecule has 4 atom stereocenters. The minimum Gasteiger partial charge on any atom is -0.481 e. The van der Waals surface area contributed by atoms with E-state index in [2.05, 4.69) is 10.6 Å². The zero-order valence-corrected chi connectivity index (χ0v) is 45.8. The molecule has 6 N–H and O–H groups in total. The van der Waals surface area contributed by atoms with Crippen LogP contribution in [0.5, 0.6) is 0 Å². The van der Waals surface area contributed by atoms with Crippen LogP contribution in [-0.2, 0) is 27.4 Å². The Morgan fingerprint density at radius 2 is 0.852 bits per heavy atom. The number of para-hydroxylation sites is 2. The largest absolute Gasteiger partial charge is 0.481 e. The Morgan fingerprint density at radius 3 is 1.22 bits per heavy atom. The van der Waals surface area contributed by atoms with E-state index in [0.717, 1.165) is 11.1 Å². The molecule has 6 aromatic carbocycles. The summed E-state index contributed by atoms with van der Waals surface area (Å²) in [5.41, 5.74) is 8.45. The first-order valence-electron chi connectivity index (χ1n) is 27.3. The van der Waals surface area contributed by atoms with Crippen LogP contribution in [0.3, 0.4) is 0 Å². The van der Waals surface area contributed by atoms with E-state index in [4.69, 9.17) is 4.74 Å². The van der Waals surface area contributed by atoms with Crippen molar-refractivity contribution in [3.05, 3.63) is 204 Å². The van der Waals surface area contributed by atoms with Crippen LogP contribution in [0.4, 0.5) is 20.2 Å². The van der Waals surface area contributed by atoms with Gasteiger partial charge < -0.3 is 44.9 Å². The number of anilines is 2. The maximum absolute atomic E-state index is 14.5. The number of halogens is 2. The van der Waals surface area contributed by atoms with E-state index in [9.17, 15) is 48.4 Å². The van der Waals surface area contributed by atoms with Gasteiger partial charge in [0.2, 0.25) is 0 Å². The van der Waals surface area contributed by atoms with Crippen LogP contribution in [0.2, 0.25) is 0 Å². The van der Waals surface area contributed by atoms with Gasteiger partial charge in [0.25, 0.3) is 11.8 Å². The van der Waals surface area contributed by atoms with Crippen LogP contribution >= 0.6 is 0 Å². The predicted molar refractivity (Wildman–Crippen MR) is 311 cm³/mol. The smallest absolute Gasteiger partial charge is 0.308 e. The minimum absolute atomic E-state index is 0.0217. The quantitative estimate of drug-likeness (QED) is 0.0302. The van der Waals surface area contributed by atoms with Crippen molar-refractivity contribution in [3.8, 4) is 44.8 Å². The number of aliphatic carboxylic acids is 1. The van der Waals surface area contributed by atoms with Gasteiger partial charge in [-0.2, -0.15) is 0 Å². The zero-order valence-electron chi connectivity index (χ0n) is 45.8. The molecule has 8 aromatic rings. The summed E-state index contributed by atoms with van der Waals surface area (Å²) >= 11 is 0. The lowest BCUT2D eigenvalue weighted by Gasteiger charge is -2.23. The van der Waals surface area contributed by atoms with Crippen LogP contribution in [0.1, 0.15) is 110 Å². The van der Waals surface area contributed by atoms with E-state index >= 15 is 0 Å². The third-order valence-corrected chi connectivity index (χ3v) is 14.1. The first-order valence-corrected chi connectivity index (χ1v) is 27.3. The Balaban J connectivity index is 0.993. The summed E-state index contributed by atoms with van der Waals surface area (Å²) < 4.78 is 38.5. The summed E-state index contributed by atoms with van der Waals surface area (Å²) in [6.07, 6.45) is -6.82. The van der Waals surface area contributed by atoms with Crippen molar-refractivity contribution in [2.75, 3.05) is 10.6 Å². The number of carboxylic acids is 1. The summed E-state index contributed by atoms with van der Waals surface area (Å²) in [5.74, 6) is -4.32. The van der Waals surface area contributed by atoms with Crippen molar-refractivity contribution in [1.29, 1.82) is 0 Å². The number of carbonyl (C=O) groups is 4. The minimum atomic E-state index is -1.42. The number of nitrogens with zero attached hydrogens (tertiary/aromatic N) is 2. The number of benzene rings is 6. The summed E-state index contributed by atoms with van der Waals surface area (Å²) in [7, 11) is 0. The number of ether oxygens (including phenoxy) is 1. The van der Waals surface area contributed by atoms with E-state index < -0.39 is 60.8 Å². The highest BCUT2D eigenvalue weighted by molar-refractivity contribution is 6.13. The molecular weight excluding hydrogens is 1030 g/mol.